The normalized spacial score (nSPS) is 20.3. The Morgan fingerprint density at radius 3 is 2.37 bits per heavy atom. The highest BCUT2D eigenvalue weighted by atomic mass is 19.4. The minimum Gasteiger partial charge on any atom is -0.489 e. The lowest BCUT2D eigenvalue weighted by atomic mass is 9.80. The lowest BCUT2D eigenvalue weighted by Crippen LogP contribution is -2.57. The number of pyridine rings is 1. The number of ether oxygens (including phenoxy) is 1. The van der Waals surface area contributed by atoms with Crippen molar-refractivity contribution < 1.29 is 27.5 Å². The molecule has 1 unspecified atom stereocenters. The average molecular weight is 493 g/mol. The summed E-state index contributed by atoms with van der Waals surface area (Å²) in [5.41, 5.74) is 0.795. The quantitative estimate of drug-likeness (QED) is 0.594. The molecule has 7 nitrogen and oxygen atoms in total. The molecular formula is C25H31F3N4O3. The van der Waals surface area contributed by atoms with E-state index in [9.17, 15) is 22.8 Å². The smallest absolute Gasteiger partial charge is 0.456 e. The zero-order valence-corrected chi connectivity index (χ0v) is 20.6. The maximum atomic E-state index is 13.2. The van der Waals surface area contributed by atoms with Crippen molar-refractivity contribution >= 4 is 11.7 Å². The molecule has 0 aliphatic carbocycles. The first-order valence-electron chi connectivity index (χ1n) is 11.8. The number of carbonyl (C=O) groups is 2. The lowest BCUT2D eigenvalue weighted by Gasteiger charge is -2.52. The van der Waals surface area contributed by atoms with Gasteiger partial charge in [-0.15, -0.1) is 0 Å². The number of aromatic nitrogens is 2. The number of rotatable bonds is 4. The molecule has 10 heteroatoms. The molecule has 35 heavy (non-hydrogen) atoms. The van der Waals surface area contributed by atoms with Crippen LogP contribution < -0.4 is 4.74 Å². The maximum absolute atomic E-state index is 13.2. The highest BCUT2D eigenvalue weighted by molar-refractivity contribution is 5.99. The fraction of sp³-hybridized carbons (Fsp3) is 0.560. The van der Waals surface area contributed by atoms with E-state index in [1.54, 1.807) is 34.6 Å². The van der Waals surface area contributed by atoms with Gasteiger partial charge in [-0.3, -0.25) is 14.5 Å². The van der Waals surface area contributed by atoms with Crippen LogP contribution in [0.3, 0.4) is 0 Å². The van der Waals surface area contributed by atoms with Gasteiger partial charge >= 0.3 is 6.18 Å². The number of amides is 1. The molecule has 4 heterocycles. The summed E-state index contributed by atoms with van der Waals surface area (Å²) in [7, 11) is 1.95. The van der Waals surface area contributed by atoms with E-state index in [0.717, 1.165) is 0 Å². The van der Waals surface area contributed by atoms with E-state index < -0.39 is 17.5 Å². The van der Waals surface area contributed by atoms with Gasteiger partial charge in [0, 0.05) is 31.4 Å². The van der Waals surface area contributed by atoms with Crippen LogP contribution in [0, 0.1) is 6.92 Å². The van der Waals surface area contributed by atoms with Crippen molar-refractivity contribution in [3.63, 3.8) is 0 Å². The van der Waals surface area contributed by atoms with Crippen LogP contribution in [0.25, 0.3) is 0 Å². The molecule has 2 aliphatic heterocycles. The summed E-state index contributed by atoms with van der Waals surface area (Å²) in [6, 6.07) is 6.06. The van der Waals surface area contributed by atoms with Gasteiger partial charge in [0.05, 0.1) is 23.0 Å². The highest BCUT2D eigenvalue weighted by Gasteiger charge is 2.49. The Morgan fingerprint density at radius 2 is 1.80 bits per heavy atom. The summed E-state index contributed by atoms with van der Waals surface area (Å²) in [5.74, 6) is -1.37. The molecule has 1 amide bonds. The predicted octanol–water partition coefficient (Wildman–Crippen LogP) is 4.36. The minimum atomic E-state index is -4.93. The van der Waals surface area contributed by atoms with Crippen LogP contribution in [0.2, 0.25) is 0 Å². The SMILES string of the molecule is Cc1nc(C(=O)N2CCC3(CC2)c2ccc(C(=O)C(F)(F)F)n2C(C)CN3C)ccc1OC(C)C. The second-order valence-corrected chi connectivity index (χ2v) is 9.80. The third-order valence-electron chi connectivity index (χ3n) is 7.09. The van der Waals surface area contributed by atoms with E-state index in [-0.39, 0.29) is 23.7 Å². The number of aryl methyl sites for hydroxylation is 1. The number of halogens is 3. The Labute approximate surface area is 202 Å². The van der Waals surface area contributed by atoms with Crippen LogP contribution in [0.4, 0.5) is 13.2 Å². The van der Waals surface area contributed by atoms with Crippen LogP contribution in [0.5, 0.6) is 5.75 Å². The minimum absolute atomic E-state index is 0.00331. The molecule has 0 radical (unpaired) electrons. The van der Waals surface area contributed by atoms with Crippen LogP contribution in [0.1, 0.15) is 72.0 Å². The first-order chi connectivity index (χ1) is 16.3. The second kappa shape index (κ2) is 8.96. The van der Waals surface area contributed by atoms with Gasteiger partial charge in [0.15, 0.2) is 0 Å². The number of ketones is 1. The van der Waals surface area contributed by atoms with Crippen molar-refractivity contribution in [2.45, 2.75) is 64.4 Å². The number of nitrogens with zero attached hydrogens (tertiary/aromatic N) is 4. The topological polar surface area (TPSA) is 67.7 Å². The Hall–Kier alpha value is -2.88. The van der Waals surface area contributed by atoms with Gasteiger partial charge in [-0.05, 0) is 71.8 Å². The molecule has 1 atom stereocenters. The largest absolute Gasteiger partial charge is 0.489 e. The molecule has 1 fully saturated rings. The van der Waals surface area contributed by atoms with Crippen molar-refractivity contribution in [2.75, 3.05) is 26.7 Å². The van der Waals surface area contributed by atoms with Crippen molar-refractivity contribution in [1.82, 2.24) is 19.4 Å². The summed E-state index contributed by atoms with van der Waals surface area (Å²) in [6.07, 6.45) is -3.85. The molecular weight excluding hydrogens is 461 g/mol. The van der Waals surface area contributed by atoms with E-state index in [1.165, 1.54) is 6.07 Å². The molecule has 1 saturated heterocycles. The number of hydrogen-bond donors (Lipinski definition) is 0. The number of alkyl halides is 3. The van der Waals surface area contributed by atoms with E-state index in [4.69, 9.17) is 4.74 Å². The number of carbonyl (C=O) groups excluding carboxylic acids is 2. The van der Waals surface area contributed by atoms with Gasteiger partial charge in [-0.25, -0.2) is 4.98 Å². The number of hydrogen-bond acceptors (Lipinski definition) is 5. The molecule has 1 spiro atoms. The number of Topliss-reactive ketones (excluding diaryl/α,β-unsaturated/α-hetero) is 1. The van der Waals surface area contributed by atoms with Crippen molar-refractivity contribution in [2.24, 2.45) is 0 Å². The third kappa shape index (κ3) is 4.44. The van der Waals surface area contributed by atoms with Gasteiger partial charge in [0.25, 0.3) is 11.7 Å². The number of piperidine rings is 1. The fourth-order valence-corrected chi connectivity index (χ4v) is 5.41. The first-order valence-corrected chi connectivity index (χ1v) is 11.8. The van der Waals surface area contributed by atoms with Gasteiger partial charge in [-0.2, -0.15) is 13.2 Å². The first kappa shape index (κ1) is 25.2. The molecule has 0 saturated carbocycles. The summed E-state index contributed by atoms with van der Waals surface area (Å²) in [4.78, 5) is 33.6. The monoisotopic (exact) mass is 492 g/mol. The zero-order valence-electron chi connectivity index (χ0n) is 20.6. The molecule has 2 aromatic heterocycles. The fourth-order valence-electron chi connectivity index (χ4n) is 5.41. The van der Waals surface area contributed by atoms with E-state index >= 15 is 0 Å². The van der Waals surface area contributed by atoms with Crippen LogP contribution in [0.15, 0.2) is 24.3 Å². The summed E-state index contributed by atoms with van der Waals surface area (Å²) < 4.78 is 46.9. The second-order valence-electron chi connectivity index (χ2n) is 9.80. The van der Waals surface area contributed by atoms with E-state index in [0.29, 0.717) is 55.3 Å². The van der Waals surface area contributed by atoms with Crippen LogP contribution >= 0.6 is 0 Å². The van der Waals surface area contributed by atoms with Crippen LogP contribution in [-0.4, -0.2) is 70.0 Å². The van der Waals surface area contributed by atoms with Gasteiger partial charge in [-0.1, -0.05) is 0 Å². The maximum Gasteiger partial charge on any atom is 0.456 e. The standard InChI is InChI=1S/C25H31F3N4O3/c1-15(2)35-20-8-6-18(29-17(20)4)23(34)31-12-10-24(11-13-31)21-9-7-19(22(33)25(26,27)28)32(21)16(3)14-30(24)5/h6-9,15-16H,10-14H2,1-5H3. The summed E-state index contributed by atoms with van der Waals surface area (Å²) in [5, 5.41) is 0. The molecule has 2 aliphatic rings. The van der Waals surface area contributed by atoms with E-state index in [2.05, 4.69) is 9.88 Å². The van der Waals surface area contributed by atoms with Gasteiger partial charge in [0.1, 0.15) is 11.4 Å². The molecule has 0 bridgehead atoms. The zero-order chi connectivity index (χ0) is 25.7. The van der Waals surface area contributed by atoms with Gasteiger partial charge in [0.2, 0.25) is 0 Å². The van der Waals surface area contributed by atoms with Crippen LogP contribution in [-0.2, 0) is 5.54 Å². The average Bonchev–Trinajstić information content (AvgIpc) is 3.24. The Balaban J connectivity index is 1.56. The third-order valence-corrected chi connectivity index (χ3v) is 7.09. The number of likely N-dealkylation sites (N-methyl/N-ethyl adjacent to an activating group) is 1. The van der Waals surface area contributed by atoms with Crippen molar-refractivity contribution in [3.05, 3.63) is 47.0 Å². The number of fused-ring (bicyclic) bond motifs is 2. The van der Waals surface area contributed by atoms with Crippen molar-refractivity contribution in [1.29, 1.82) is 0 Å². The molecule has 2 aromatic rings. The number of likely N-dealkylation sites (tertiary alicyclic amines) is 1. The predicted molar refractivity (Wildman–Crippen MR) is 124 cm³/mol. The summed E-state index contributed by atoms with van der Waals surface area (Å²) in [6.45, 7) is 8.82. The summed E-state index contributed by atoms with van der Waals surface area (Å²) >= 11 is 0. The Kier molecular flexibility index (Phi) is 6.46. The lowest BCUT2D eigenvalue weighted by molar-refractivity contribution is -0.0894. The van der Waals surface area contributed by atoms with E-state index in [1.807, 2.05) is 27.8 Å². The van der Waals surface area contributed by atoms with Crippen molar-refractivity contribution in [3.8, 4) is 5.75 Å². The van der Waals surface area contributed by atoms with Gasteiger partial charge < -0.3 is 14.2 Å². The molecule has 4 rings (SSSR count). The molecule has 190 valence electrons. The highest BCUT2D eigenvalue weighted by Crippen LogP contribution is 2.44. The Morgan fingerprint density at radius 1 is 1.14 bits per heavy atom. The molecule has 0 N–H and O–H groups in total. The Bertz CT molecular complexity index is 1130. The molecule has 0 aromatic carbocycles.